The zero-order valence-electron chi connectivity index (χ0n) is 19.8. The van der Waals surface area contributed by atoms with E-state index in [0.29, 0.717) is 0 Å². The first kappa shape index (κ1) is 20.8. The highest BCUT2D eigenvalue weighted by Crippen LogP contribution is 2.51. The largest absolute Gasteiger partial charge is 0.362 e. The fraction of sp³-hybridized carbons (Fsp3) is 0.346. The fourth-order valence-electron chi connectivity index (χ4n) is 5.86. The summed E-state index contributed by atoms with van der Waals surface area (Å²) < 4.78 is 1.78. The van der Waals surface area contributed by atoms with Crippen molar-refractivity contribution in [2.45, 2.75) is 50.7 Å². The van der Waals surface area contributed by atoms with Gasteiger partial charge in [0, 0.05) is 41.9 Å². The second-order valence-electron chi connectivity index (χ2n) is 9.93. The third-order valence-electron chi connectivity index (χ3n) is 7.34. The summed E-state index contributed by atoms with van der Waals surface area (Å²) in [7, 11) is 1.90. The molecule has 34 heavy (non-hydrogen) atoms. The average molecular weight is 454 g/mol. The number of hydrogen-bond donors (Lipinski definition) is 2. The maximum absolute atomic E-state index is 13.6. The molecule has 0 aliphatic carbocycles. The van der Waals surface area contributed by atoms with Gasteiger partial charge in [-0.1, -0.05) is 25.1 Å². The number of nitrogens with zero attached hydrogens (tertiary/aromatic N) is 5. The van der Waals surface area contributed by atoms with Crippen LogP contribution in [-0.2, 0) is 17.3 Å². The normalized spacial score (nSPS) is 25.0. The van der Waals surface area contributed by atoms with Crippen molar-refractivity contribution >= 4 is 16.9 Å². The van der Waals surface area contributed by atoms with Gasteiger partial charge in [0.15, 0.2) is 11.8 Å². The first-order chi connectivity index (χ1) is 16.3. The molecule has 6 rings (SSSR count). The highest BCUT2D eigenvalue weighted by Gasteiger charge is 2.53. The lowest BCUT2D eigenvalue weighted by molar-refractivity contribution is -0.120. The number of hydrogen-bond acceptors (Lipinski definition) is 6. The van der Waals surface area contributed by atoms with Gasteiger partial charge in [-0.25, -0.2) is 4.98 Å². The van der Waals surface area contributed by atoms with Crippen LogP contribution in [0.4, 0.5) is 0 Å². The quantitative estimate of drug-likeness (QED) is 0.624. The maximum atomic E-state index is 13.6. The van der Waals surface area contributed by atoms with Gasteiger partial charge < -0.3 is 10.6 Å². The van der Waals surface area contributed by atoms with Crippen LogP contribution in [0.15, 0.2) is 76.0 Å². The standard InChI is InChI=1S/C26H27N7O/c1-5-26(19-14-28-32-22(19)30-20-12-25(2,3)31-24(34)21(20)26)16-8-6-7-15(11-16)17-9-10-27-23-18(17)13-29-33(23)4/h6-11,13-14,22,30H,5,12H2,1-4H3,(H,31,34)/t22?,26-/m1/s1. The number of fused-ring (bicyclic) bond motifs is 2. The molecular weight excluding hydrogens is 426 g/mol. The van der Waals surface area contributed by atoms with Crippen LogP contribution in [0.3, 0.4) is 0 Å². The number of carbonyl (C=O) groups excluding carboxylic acids is 1. The van der Waals surface area contributed by atoms with Gasteiger partial charge in [-0.3, -0.25) is 9.48 Å². The van der Waals surface area contributed by atoms with Gasteiger partial charge >= 0.3 is 0 Å². The van der Waals surface area contributed by atoms with Crippen LogP contribution in [0.2, 0.25) is 0 Å². The molecule has 3 aliphatic heterocycles. The van der Waals surface area contributed by atoms with Gasteiger partial charge in [-0.05, 0) is 49.1 Å². The van der Waals surface area contributed by atoms with Crippen molar-refractivity contribution in [3.8, 4) is 11.1 Å². The van der Waals surface area contributed by atoms with E-state index in [2.05, 4.69) is 76.0 Å². The van der Waals surface area contributed by atoms with E-state index in [1.165, 1.54) is 0 Å². The smallest absolute Gasteiger partial charge is 0.250 e. The molecule has 1 aromatic carbocycles. The van der Waals surface area contributed by atoms with E-state index in [-0.39, 0.29) is 17.6 Å². The molecule has 8 heteroatoms. The van der Waals surface area contributed by atoms with Gasteiger partial charge in [-0.15, -0.1) is 0 Å². The Balaban J connectivity index is 1.58. The highest BCUT2D eigenvalue weighted by molar-refractivity contribution is 6.00. The topological polar surface area (TPSA) is 96.6 Å². The number of nitrogens with one attached hydrogen (secondary N) is 2. The molecule has 0 fully saturated rings. The predicted octanol–water partition coefficient (Wildman–Crippen LogP) is 4.11. The Morgan fingerprint density at radius 1 is 1.24 bits per heavy atom. The molecule has 5 heterocycles. The van der Waals surface area contributed by atoms with Crippen molar-refractivity contribution in [1.29, 1.82) is 0 Å². The number of azo groups is 1. The lowest BCUT2D eigenvalue weighted by atomic mass is 9.62. The summed E-state index contributed by atoms with van der Waals surface area (Å²) in [5, 5.41) is 20.8. The molecule has 0 bridgehead atoms. The summed E-state index contributed by atoms with van der Waals surface area (Å²) in [5.74, 6) is -0.0317. The summed E-state index contributed by atoms with van der Waals surface area (Å²) in [5.41, 5.74) is 5.84. The number of carbonyl (C=O) groups is 1. The van der Waals surface area contributed by atoms with E-state index in [1.54, 1.807) is 4.68 Å². The minimum absolute atomic E-state index is 0.0317. The van der Waals surface area contributed by atoms with Crippen LogP contribution in [0.5, 0.6) is 0 Å². The maximum Gasteiger partial charge on any atom is 0.250 e. The zero-order chi connectivity index (χ0) is 23.7. The van der Waals surface area contributed by atoms with Crippen LogP contribution in [0.25, 0.3) is 22.2 Å². The number of pyridine rings is 1. The molecule has 0 radical (unpaired) electrons. The Morgan fingerprint density at radius 3 is 2.91 bits per heavy atom. The zero-order valence-corrected chi connectivity index (χ0v) is 19.8. The third-order valence-corrected chi connectivity index (χ3v) is 7.34. The Kier molecular flexibility index (Phi) is 4.33. The Morgan fingerprint density at radius 2 is 2.09 bits per heavy atom. The van der Waals surface area contributed by atoms with Gasteiger partial charge in [0.2, 0.25) is 0 Å². The molecule has 1 amide bonds. The van der Waals surface area contributed by atoms with E-state index >= 15 is 0 Å². The van der Waals surface area contributed by atoms with E-state index in [4.69, 9.17) is 0 Å². The van der Waals surface area contributed by atoms with Gasteiger partial charge in [0.05, 0.1) is 23.4 Å². The molecule has 172 valence electrons. The molecule has 2 aromatic heterocycles. The van der Waals surface area contributed by atoms with Crippen molar-refractivity contribution in [3.63, 3.8) is 0 Å². The molecule has 3 aromatic rings. The molecule has 2 N–H and O–H groups in total. The summed E-state index contributed by atoms with van der Waals surface area (Å²) >= 11 is 0. The van der Waals surface area contributed by atoms with Crippen molar-refractivity contribution in [2.75, 3.05) is 0 Å². The number of aryl methyl sites for hydroxylation is 1. The van der Waals surface area contributed by atoms with Crippen LogP contribution >= 0.6 is 0 Å². The fourth-order valence-corrected chi connectivity index (χ4v) is 5.86. The number of rotatable bonds is 3. The van der Waals surface area contributed by atoms with Gasteiger partial charge in [0.1, 0.15) is 0 Å². The number of aromatic nitrogens is 3. The Bertz CT molecular complexity index is 1440. The van der Waals surface area contributed by atoms with E-state index in [0.717, 1.165) is 57.4 Å². The Labute approximate surface area is 197 Å². The van der Waals surface area contributed by atoms with Crippen LogP contribution < -0.4 is 10.6 Å². The highest BCUT2D eigenvalue weighted by atomic mass is 16.2. The summed E-state index contributed by atoms with van der Waals surface area (Å²) in [4.78, 5) is 18.1. The van der Waals surface area contributed by atoms with Gasteiger partial charge in [-0.2, -0.15) is 15.3 Å². The van der Waals surface area contributed by atoms with E-state index in [1.807, 2.05) is 31.7 Å². The summed E-state index contributed by atoms with van der Waals surface area (Å²) in [6.07, 6.45) is 6.68. The van der Waals surface area contributed by atoms with Crippen molar-refractivity contribution < 1.29 is 4.79 Å². The molecule has 0 saturated carbocycles. The minimum atomic E-state index is -0.619. The monoisotopic (exact) mass is 453 g/mol. The average Bonchev–Trinajstić information content (AvgIpc) is 3.43. The summed E-state index contributed by atoms with van der Waals surface area (Å²) in [6, 6.07) is 10.5. The molecule has 1 unspecified atom stereocenters. The van der Waals surface area contributed by atoms with Crippen molar-refractivity contribution in [2.24, 2.45) is 17.3 Å². The molecule has 2 atom stereocenters. The van der Waals surface area contributed by atoms with Crippen LogP contribution in [-0.4, -0.2) is 32.4 Å². The van der Waals surface area contributed by atoms with Crippen LogP contribution in [0, 0.1) is 0 Å². The summed E-state index contributed by atoms with van der Waals surface area (Å²) in [6.45, 7) is 6.24. The first-order valence-electron chi connectivity index (χ1n) is 11.6. The van der Waals surface area contributed by atoms with E-state index in [9.17, 15) is 4.79 Å². The van der Waals surface area contributed by atoms with Gasteiger partial charge in [0.25, 0.3) is 5.91 Å². The SMILES string of the molecule is CC[C@@]1(c2cccc(-c3ccnc4c3cnn4C)c2)C2=CN=NC2NC2=C1C(=O)NC(C)(C)C2. The Hall–Kier alpha value is -3.81. The number of benzene rings is 1. The third kappa shape index (κ3) is 2.81. The van der Waals surface area contributed by atoms with Crippen LogP contribution in [0.1, 0.15) is 39.2 Å². The minimum Gasteiger partial charge on any atom is -0.362 e. The first-order valence-corrected chi connectivity index (χ1v) is 11.6. The second kappa shape index (κ2) is 7.09. The second-order valence-corrected chi connectivity index (χ2v) is 9.93. The molecule has 0 spiro atoms. The molecule has 8 nitrogen and oxygen atoms in total. The predicted molar refractivity (Wildman–Crippen MR) is 130 cm³/mol. The molecule has 0 saturated heterocycles. The molecule has 3 aliphatic rings. The van der Waals surface area contributed by atoms with Crippen molar-refractivity contribution in [3.05, 3.63) is 71.3 Å². The van der Waals surface area contributed by atoms with E-state index < -0.39 is 5.41 Å². The lowest BCUT2D eigenvalue weighted by Crippen LogP contribution is -2.58. The van der Waals surface area contributed by atoms with Crippen molar-refractivity contribution in [1.82, 2.24) is 25.4 Å². The molecular formula is C26H27N7O. The number of amides is 1. The lowest BCUT2D eigenvalue weighted by Gasteiger charge is -2.48.